The lowest BCUT2D eigenvalue weighted by Gasteiger charge is -2.13. The number of nitrogens with one attached hydrogen (secondary N) is 1. The summed E-state index contributed by atoms with van der Waals surface area (Å²) in [5, 5.41) is 13.1. The molecular formula is C15H22ClNO2S. The molecule has 0 aliphatic rings. The molecular weight excluding hydrogens is 294 g/mol. The van der Waals surface area contributed by atoms with Crippen LogP contribution in [0.3, 0.4) is 0 Å². The van der Waals surface area contributed by atoms with Crippen LogP contribution in [0.2, 0.25) is 5.02 Å². The maximum Gasteiger partial charge on any atom is 0.220 e. The predicted octanol–water partition coefficient (Wildman–Crippen LogP) is 3.35. The van der Waals surface area contributed by atoms with Crippen LogP contribution >= 0.6 is 23.4 Å². The molecule has 112 valence electrons. The van der Waals surface area contributed by atoms with Gasteiger partial charge in [-0.2, -0.15) is 0 Å². The number of halogens is 1. The number of aliphatic hydroxyl groups excluding tert-OH is 1. The number of aliphatic hydroxyl groups is 1. The molecule has 0 heterocycles. The van der Waals surface area contributed by atoms with E-state index >= 15 is 0 Å². The van der Waals surface area contributed by atoms with E-state index in [9.17, 15) is 9.90 Å². The van der Waals surface area contributed by atoms with Crippen molar-refractivity contribution < 1.29 is 9.90 Å². The second-order valence-electron chi connectivity index (χ2n) is 5.12. The molecule has 0 spiro atoms. The van der Waals surface area contributed by atoms with Crippen molar-refractivity contribution in [3.05, 3.63) is 29.3 Å². The van der Waals surface area contributed by atoms with Gasteiger partial charge in [0, 0.05) is 23.6 Å². The number of amides is 1. The smallest absolute Gasteiger partial charge is 0.220 e. The highest BCUT2D eigenvalue weighted by Crippen LogP contribution is 2.26. The Morgan fingerprint density at radius 1 is 1.40 bits per heavy atom. The number of rotatable bonds is 8. The van der Waals surface area contributed by atoms with E-state index in [1.165, 1.54) is 0 Å². The lowest BCUT2D eigenvalue weighted by Crippen LogP contribution is -2.32. The van der Waals surface area contributed by atoms with E-state index in [1.807, 2.05) is 38.1 Å². The molecule has 1 rings (SSSR count). The summed E-state index contributed by atoms with van der Waals surface area (Å²) in [7, 11) is 0. The first-order chi connectivity index (χ1) is 9.49. The normalized spacial score (nSPS) is 12.4. The molecule has 2 N–H and O–H groups in total. The summed E-state index contributed by atoms with van der Waals surface area (Å²) < 4.78 is 0. The molecule has 0 bridgehead atoms. The summed E-state index contributed by atoms with van der Waals surface area (Å²) in [6, 6.07) is 7.59. The van der Waals surface area contributed by atoms with Crippen LogP contribution in [0, 0.1) is 5.92 Å². The van der Waals surface area contributed by atoms with E-state index < -0.39 is 6.10 Å². The average molecular weight is 316 g/mol. The van der Waals surface area contributed by atoms with Gasteiger partial charge in [-0.05, 0) is 24.5 Å². The van der Waals surface area contributed by atoms with Gasteiger partial charge in [-0.25, -0.2) is 0 Å². The molecule has 1 aromatic rings. The first kappa shape index (κ1) is 17.3. The van der Waals surface area contributed by atoms with Gasteiger partial charge in [0.05, 0.1) is 11.1 Å². The van der Waals surface area contributed by atoms with Gasteiger partial charge in [-0.15, -0.1) is 11.8 Å². The minimum atomic E-state index is -0.463. The van der Waals surface area contributed by atoms with Crippen molar-refractivity contribution in [3.63, 3.8) is 0 Å². The molecule has 0 saturated heterocycles. The Labute approximate surface area is 130 Å². The van der Waals surface area contributed by atoms with Crippen molar-refractivity contribution in [1.29, 1.82) is 0 Å². The third kappa shape index (κ3) is 7.17. The molecule has 5 heteroatoms. The zero-order valence-electron chi connectivity index (χ0n) is 11.9. The first-order valence-corrected chi connectivity index (χ1v) is 8.17. The highest BCUT2D eigenvalue weighted by atomic mass is 35.5. The Morgan fingerprint density at radius 2 is 2.10 bits per heavy atom. The molecule has 0 fully saturated rings. The number of hydrogen-bond donors (Lipinski definition) is 2. The van der Waals surface area contributed by atoms with E-state index in [-0.39, 0.29) is 5.91 Å². The third-order valence-corrected chi connectivity index (χ3v) is 4.22. The van der Waals surface area contributed by atoms with Crippen molar-refractivity contribution in [2.24, 2.45) is 5.92 Å². The van der Waals surface area contributed by atoms with Gasteiger partial charge in [-0.1, -0.05) is 37.6 Å². The van der Waals surface area contributed by atoms with Crippen molar-refractivity contribution >= 4 is 29.3 Å². The predicted molar refractivity (Wildman–Crippen MR) is 85.3 cm³/mol. The number of carbonyl (C=O) groups is 1. The van der Waals surface area contributed by atoms with Gasteiger partial charge < -0.3 is 10.4 Å². The second kappa shape index (κ2) is 9.27. The average Bonchev–Trinajstić information content (AvgIpc) is 2.38. The number of hydrogen-bond acceptors (Lipinski definition) is 3. The van der Waals surface area contributed by atoms with Crippen molar-refractivity contribution in [2.75, 3.05) is 12.3 Å². The molecule has 0 aliphatic heterocycles. The molecule has 0 aliphatic carbocycles. The van der Waals surface area contributed by atoms with Gasteiger partial charge in [0.1, 0.15) is 0 Å². The Morgan fingerprint density at radius 3 is 2.75 bits per heavy atom. The topological polar surface area (TPSA) is 49.3 Å². The van der Waals surface area contributed by atoms with Crippen LogP contribution in [0.1, 0.15) is 26.7 Å². The van der Waals surface area contributed by atoms with Crippen LogP contribution in [-0.4, -0.2) is 29.4 Å². The monoisotopic (exact) mass is 315 g/mol. The fourth-order valence-electron chi connectivity index (χ4n) is 1.76. The van der Waals surface area contributed by atoms with Crippen LogP contribution in [0.15, 0.2) is 29.2 Å². The maximum absolute atomic E-state index is 11.6. The molecule has 0 radical (unpaired) electrons. The van der Waals surface area contributed by atoms with Crippen LogP contribution < -0.4 is 5.32 Å². The lowest BCUT2D eigenvalue weighted by molar-refractivity contribution is -0.121. The first-order valence-electron chi connectivity index (χ1n) is 6.81. The van der Waals surface area contributed by atoms with E-state index in [2.05, 4.69) is 5.32 Å². The van der Waals surface area contributed by atoms with Crippen LogP contribution in [0.5, 0.6) is 0 Å². The molecule has 0 aromatic heterocycles. The van der Waals surface area contributed by atoms with E-state index in [1.54, 1.807) is 11.8 Å². The summed E-state index contributed by atoms with van der Waals surface area (Å²) in [6.45, 7) is 4.42. The van der Waals surface area contributed by atoms with Crippen molar-refractivity contribution in [3.8, 4) is 0 Å². The highest BCUT2D eigenvalue weighted by Gasteiger charge is 2.09. The Bertz CT molecular complexity index is 426. The zero-order valence-corrected chi connectivity index (χ0v) is 13.5. The van der Waals surface area contributed by atoms with Crippen LogP contribution in [-0.2, 0) is 4.79 Å². The summed E-state index contributed by atoms with van der Waals surface area (Å²) in [6.07, 6.45) is 0.661. The van der Waals surface area contributed by atoms with Crippen LogP contribution in [0.4, 0.5) is 0 Å². The molecule has 20 heavy (non-hydrogen) atoms. The van der Waals surface area contributed by atoms with Gasteiger partial charge >= 0.3 is 0 Å². The van der Waals surface area contributed by atoms with Gasteiger partial charge in [0.2, 0.25) is 5.91 Å². The summed E-state index contributed by atoms with van der Waals surface area (Å²) in [4.78, 5) is 12.6. The molecule has 1 unspecified atom stereocenters. The Kier molecular flexibility index (Phi) is 8.04. The lowest BCUT2D eigenvalue weighted by atomic mass is 10.1. The Hall–Kier alpha value is -0.710. The largest absolute Gasteiger partial charge is 0.391 e. The zero-order chi connectivity index (χ0) is 15.0. The van der Waals surface area contributed by atoms with Gasteiger partial charge in [0.25, 0.3) is 0 Å². The van der Waals surface area contributed by atoms with Gasteiger partial charge in [0.15, 0.2) is 0 Å². The molecule has 1 aromatic carbocycles. The molecule has 1 amide bonds. The number of carbonyl (C=O) groups excluding carboxylic acids is 1. The fourth-order valence-corrected chi connectivity index (χ4v) is 2.95. The second-order valence-corrected chi connectivity index (χ2v) is 6.66. The minimum Gasteiger partial charge on any atom is -0.391 e. The number of benzene rings is 1. The van der Waals surface area contributed by atoms with Crippen molar-refractivity contribution in [1.82, 2.24) is 5.32 Å². The summed E-state index contributed by atoms with van der Waals surface area (Å²) in [5.41, 5.74) is 0. The SMILES string of the molecule is CC(C)CC(O)CNC(=O)CCSc1ccccc1Cl. The molecule has 0 saturated carbocycles. The summed E-state index contributed by atoms with van der Waals surface area (Å²) >= 11 is 7.60. The van der Waals surface area contributed by atoms with Gasteiger partial charge in [-0.3, -0.25) is 4.79 Å². The molecule has 1 atom stereocenters. The minimum absolute atomic E-state index is 0.0349. The van der Waals surface area contributed by atoms with E-state index in [0.29, 0.717) is 36.1 Å². The van der Waals surface area contributed by atoms with E-state index in [4.69, 9.17) is 11.6 Å². The standard InChI is InChI=1S/C15H22ClNO2S/c1-11(2)9-12(18)10-17-15(19)7-8-20-14-6-4-3-5-13(14)16/h3-6,11-12,18H,7-10H2,1-2H3,(H,17,19). The number of thioether (sulfide) groups is 1. The van der Waals surface area contributed by atoms with Crippen molar-refractivity contribution in [2.45, 2.75) is 37.7 Å². The third-order valence-electron chi connectivity index (χ3n) is 2.70. The maximum atomic E-state index is 11.6. The molecule has 3 nitrogen and oxygen atoms in total. The highest BCUT2D eigenvalue weighted by molar-refractivity contribution is 7.99. The quantitative estimate of drug-likeness (QED) is 0.723. The fraction of sp³-hybridized carbons (Fsp3) is 0.533. The summed E-state index contributed by atoms with van der Waals surface area (Å²) in [5.74, 6) is 1.07. The Balaban J connectivity index is 2.19. The van der Waals surface area contributed by atoms with Crippen LogP contribution in [0.25, 0.3) is 0 Å². The van der Waals surface area contributed by atoms with E-state index in [0.717, 1.165) is 4.90 Å².